The molecule has 1 unspecified atom stereocenters. The summed E-state index contributed by atoms with van der Waals surface area (Å²) >= 11 is 16.8. The van der Waals surface area contributed by atoms with Gasteiger partial charge >= 0.3 is 0 Å². The Morgan fingerprint density at radius 1 is 1.41 bits per heavy atom. The topological polar surface area (TPSA) is 12.0 Å². The maximum Gasteiger partial charge on any atom is 0.0762 e. The molecule has 1 atom stereocenters. The number of thiophene rings is 2. The van der Waals surface area contributed by atoms with Gasteiger partial charge in [-0.25, -0.2) is 0 Å². The van der Waals surface area contributed by atoms with Crippen molar-refractivity contribution in [1.82, 2.24) is 5.32 Å². The number of halogens is 3. The van der Waals surface area contributed by atoms with Crippen LogP contribution in [0.15, 0.2) is 19.0 Å². The maximum absolute atomic E-state index is 6.34. The van der Waals surface area contributed by atoms with Crippen LogP contribution in [-0.2, 0) is 0 Å². The summed E-state index contributed by atoms with van der Waals surface area (Å²) in [6.07, 6.45) is 0. The van der Waals surface area contributed by atoms with Crippen molar-refractivity contribution in [2.45, 2.75) is 13.0 Å². The number of hydrogen-bond donors (Lipinski definition) is 1. The van der Waals surface area contributed by atoms with Crippen LogP contribution in [0.1, 0.15) is 22.0 Å². The minimum atomic E-state index is 0.137. The van der Waals surface area contributed by atoms with Crippen LogP contribution in [0.5, 0.6) is 0 Å². The molecule has 2 aromatic rings. The van der Waals surface area contributed by atoms with Crippen molar-refractivity contribution in [3.63, 3.8) is 0 Å². The molecule has 0 aliphatic rings. The second kappa shape index (κ2) is 5.72. The van der Waals surface area contributed by atoms with Gasteiger partial charge < -0.3 is 5.32 Å². The van der Waals surface area contributed by atoms with E-state index in [4.69, 9.17) is 11.6 Å². The first-order valence-electron chi connectivity index (χ1n) is 4.90. The third kappa shape index (κ3) is 2.80. The SMILES string of the molecule is CNC(c1cc(Br)sc1Br)c1scc(C)c1Cl. The van der Waals surface area contributed by atoms with E-state index < -0.39 is 0 Å². The molecule has 1 nitrogen and oxygen atoms in total. The molecule has 2 heterocycles. The summed E-state index contributed by atoms with van der Waals surface area (Å²) in [5, 5.41) is 6.28. The maximum atomic E-state index is 6.34. The first kappa shape index (κ1) is 14.0. The smallest absolute Gasteiger partial charge is 0.0762 e. The molecular weight excluding hydrogens is 406 g/mol. The quantitative estimate of drug-likeness (QED) is 0.687. The van der Waals surface area contributed by atoms with E-state index in [1.54, 1.807) is 22.7 Å². The number of aryl methyl sites for hydroxylation is 1. The molecule has 0 amide bonds. The van der Waals surface area contributed by atoms with Gasteiger partial charge in [0.15, 0.2) is 0 Å². The zero-order chi connectivity index (χ0) is 12.6. The summed E-state index contributed by atoms with van der Waals surface area (Å²) in [5.74, 6) is 0. The molecule has 0 radical (unpaired) electrons. The van der Waals surface area contributed by atoms with Gasteiger partial charge in [-0.1, -0.05) is 11.6 Å². The Morgan fingerprint density at radius 3 is 2.53 bits per heavy atom. The van der Waals surface area contributed by atoms with E-state index in [9.17, 15) is 0 Å². The summed E-state index contributed by atoms with van der Waals surface area (Å²) in [4.78, 5) is 1.16. The molecule has 0 spiro atoms. The van der Waals surface area contributed by atoms with Gasteiger partial charge in [-0.05, 0) is 62.8 Å². The first-order chi connectivity index (χ1) is 8.04. The lowest BCUT2D eigenvalue weighted by molar-refractivity contribution is 0.704. The van der Waals surface area contributed by atoms with Gasteiger partial charge in [0.05, 0.1) is 18.6 Å². The summed E-state index contributed by atoms with van der Waals surface area (Å²) < 4.78 is 2.25. The highest BCUT2D eigenvalue weighted by atomic mass is 79.9. The van der Waals surface area contributed by atoms with E-state index >= 15 is 0 Å². The normalized spacial score (nSPS) is 13.0. The summed E-state index contributed by atoms with van der Waals surface area (Å²) in [6, 6.07) is 2.26. The molecule has 0 saturated carbocycles. The van der Waals surface area contributed by atoms with Crippen LogP contribution in [-0.4, -0.2) is 7.05 Å². The van der Waals surface area contributed by atoms with E-state index in [1.165, 1.54) is 5.56 Å². The molecule has 0 aliphatic heterocycles. The Morgan fingerprint density at radius 2 is 2.12 bits per heavy atom. The molecule has 0 fully saturated rings. The van der Waals surface area contributed by atoms with Crippen LogP contribution in [0.4, 0.5) is 0 Å². The van der Waals surface area contributed by atoms with Gasteiger partial charge in [0.2, 0.25) is 0 Å². The minimum Gasteiger partial charge on any atom is -0.309 e. The zero-order valence-corrected chi connectivity index (χ0v) is 14.7. The second-order valence-corrected chi connectivity index (χ2v) is 8.64. The molecule has 2 rings (SSSR count). The first-order valence-corrected chi connectivity index (χ1v) is 8.56. The predicted octanol–water partition coefficient (Wildman–Crippen LogP) is 5.61. The number of hydrogen-bond acceptors (Lipinski definition) is 3. The van der Waals surface area contributed by atoms with Crippen LogP contribution in [0.25, 0.3) is 0 Å². The van der Waals surface area contributed by atoms with E-state index in [-0.39, 0.29) is 6.04 Å². The lowest BCUT2D eigenvalue weighted by Crippen LogP contribution is -2.16. The molecule has 2 aromatic heterocycles. The highest BCUT2D eigenvalue weighted by Crippen LogP contribution is 2.42. The predicted molar refractivity (Wildman–Crippen MR) is 84.7 cm³/mol. The third-order valence-corrected chi connectivity index (χ3v) is 6.63. The van der Waals surface area contributed by atoms with Crippen LogP contribution in [0, 0.1) is 6.92 Å². The van der Waals surface area contributed by atoms with Gasteiger partial charge in [-0.3, -0.25) is 0 Å². The van der Waals surface area contributed by atoms with Crippen LogP contribution in [0.2, 0.25) is 5.02 Å². The molecular formula is C11H10Br2ClNS2. The van der Waals surface area contributed by atoms with E-state index in [0.717, 1.165) is 23.0 Å². The molecule has 1 N–H and O–H groups in total. The van der Waals surface area contributed by atoms with E-state index in [0.29, 0.717) is 0 Å². The molecule has 92 valence electrons. The van der Waals surface area contributed by atoms with Gasteiger partial charge in [0.25, 0.3) is 0 Å². The van der Waals surface area contributed by atoms with Crippen LogP contribution < -0.4 is 5.32 Å². The van der Waals surface area contributed by atoms with E-state index in [1.807, 2.05) is 14.0 Å². The van der Waals surface area contributed by atoms with Crippen molar-refractivity contribution >= 4 is 66.1 Å². The monoisotopic (exact) mass is 413 g/mol. The van der Waals surface area contributed by atoms with Crippen molar-refractivity contribution in [1.29, 1.82) is 0 Å². The number of nitrogens with one attached hydrogen (secondary N) is 1. The largest absolute Gasteiger partial charge is 0.309 e. The summed E-state index contributed by atoms with van der Waals surface area (Å²) in [6.45, 7) is 2.04. The van der Waals surface area contributed by atoms with Gasteiger partial charge in [-0.15, -0.1) is 22.7 Å². The van der Waals surface area contributed by atoms with Gasteiger partial charge in [-0.2, -0.15) is 0 Å². The molecule has 0 saturated heterocycles. The molecule has 6 heteroatoms. The average Bonchev–Trinajstić information content (AvgIpc) is 2.77. The van der Waals surface area contributed by atoms with Gasteiger partial charge in [0, 0.05) is 10.4 Å². The fraction of sp³-hybridized carbons (Fsp3) is 0.273. The Labute approximate surface area is 130 Å². The molecule has 0 bridgehead atoms. The minimum absolute atomic E-state index is 0.137. The molecule has 17 heavy (non-hydrogen) atoms. The third-order valence-electron chi connectivity index (χ3n) is 2.47. The van der Waals surface area contributed by atoms with Gasteiger partial charge in [0.1, 0.15) is 0 Å². The lowest BCUT2D eigenvalue weighted by Gasteiger charge is -2.14. The van der Waals surface area contributed by atoms with E-state index in [2.05, 4.69) is 48.6 Å². The Kier molecular flexibility index (Phi) is 4.72. The zero-order valence-electron chi connectivity index (χ0n) is 9.18. The Balaban J connectivity index is 2.47. The fourth-order valence-corrected chi connectivity index (χ4v) is 5.95. The van der Waals surface area contributed by atoms with Crippen LogP contribution in [0.3, 0.4) is 0 Å². The fourth-order valence-electron chi connectivity index (χ4n) is 1.62. The standard InChI is InChI=1S/C11H10Br2ClNS2/c1-5-4-16-10(8(5)14)9(15-2)6-3-7(12)17-11(6)13/h3-4,9,15H,1-2H3. The van der Waals surface area contributed by atoms with Crippen molar-refractivity contribution in [2.24, 2.45) is 0 Å². The second-order valence-electron chi connectivity index (χ2n) is 3.60. The Bertz CT molecular complexity index is 534. The summed E-state index contributed by atoms with van der Waals surface area (Å²) in [5.41, 5.74) is 2.35. The van der Waals surface area contributed by atoms with Crippen molar-refractivity contribution < 1.29 is 0 Å². The highest BCUT2D eigenvalue weighted by Gasteiger charge is 2.22. The highest BCUT2D eigenvalue weighted by molar-refractivity contribution is 9.12. The average molecular weight is 416 g/mol. The molecule has 0 aliphatic carbocycles. The lowest BCUT2D eigenvalue weighted by atomic mass is 10.1. The molecule has 0 aromatic carbocycles. The van der Waals surface area contributed by atoms with Crippen molar-refractivity contribution in [2.75, 3.05) is 7.05 Å². The Hall–Kier alpha value is 0.610. The van der Waals surface area contributed by atoms with Crippen molar-refractivity contribution in [3.05, 3.63) is 40.0 Å². The summed E-state index contributed by atoms with van der Waals surface area (Å²) in [7, 11) is 1.95. The van der Waals surface area contributed by atoms with Crippen LogP contribution >= 0.6 is 66.1 Å². The number of rotatable bonds is 3. The van der Waals surface area contributed by atoms with Crippen molar-refractivity contribution in [3.8, 4) is 0 Å².